The topological polar surface area (TPSA) is 42.7 Å². The van der Waals surface area contributed by atoms with Gasteiger partial charge in [-0.2, -0.15) is 5.10 Å². The lowest BCUT2D eigenvalue weighted by molar-refractivity contribution is 0.570. The molecule has 0 radical (unpaired) electrons. The van der Waals surface area contributed by atoms with Crippen molar-refractivity contribution >= 4 is 23.4 Å². The van der Waals surface area contributed by atoms with Crippen LogP contribution in [0.15, 0.2) is 34.6 Å². The third-order valence-corrected chi connectivity index (χ3v) is 4.58. The summed E-state index contributed by atoms with van der Waals surface area (Å²) in [5.74, 6) is 0. The Morgan fingerprint density at radius 3 is 2.85 bits per heavy atom. The molecule has 0 spiro atoms. The molecule has 6 heteroatoms. The Labute approximate surface area is 128 Å². The largest absolute Gasteiger partial charge is 0.310 e. The number of aryl methyl sites for hydroxylation is 1. The van der Waals surface area contributed by atoms with Crippen LogP contribution in [-0.4, -0.2) is 21.3 Å². The van der Waals surface area contributed by atoms with Crippen LogP contribution in [0, 0.1) is 0 Å². The zero-order chi connectivity index (χ0) is 14.5. The summed E-state index contributed by atoms with van der Waals surface area (Å²) in [6, 6.07) is 6.48. The summed E-state index contributed by atoms with van der Waals surface area (Å²) in [4.78, 5) is 5.19. The first-order chi connectivity index (χ1) is 9.61. The maximum Gasteiger partial charge on any atom is 0.190 e. The third-order valence-electron chi connectivity index (χ3n) is 3.03. The van der Waals surface area contributed by atoms with E-state index in [1.54, 1.807) is 11.0 Å². The molecule has 1 aromatic heterocycles. The Kier molecular flexibility index (Phi) is 5.46. The van der Waals surface area contributed by atoms with Gasteiger partial charge in [0.05, 0.1) is 5.02 Å². The van der Waals surface area contributed by atoms with Gasteiger partial charge in [0, 0.05) is 18.0 Å². The highest BCUT2D eigenvalue weighted by molar-refractivity contribution is 7.99. The van der Waals surface area contributed by atoms with Gasteiger partial charge in [0.1, 0.15) is 6.33 Å². The molecule has 1 aromatic carbocycles. The second kappa shape index (κ2) is 7.11. The van der Waals surface area contributed by atoms with E-state index in [4.69, 9.17) is 11.6 Å². The highest BCUT2D eigenvalue weighted by Gasteiger charge is 2.10. The molecule has 0 bridgehead atoms. The molecule has 108 valence electrons. The molecule has 4 nitrogen and oxygen atoms in total. The van der Waals surface area contributed by atoms with E-state index in [1.165, 1.54) is 17.3 Å². The number of benzene rings is 1. The SMILES string of the molecule is CCCNC(C)c1ccc(Sc2ncnn2C)c(Cl)c1. The van der Waals surface area contributed by atoms with Gasteiger partial charge in [-0.3, -0.25) is 0 Å². The van der Waals surface area contributed by atoms with E-state index < -0.39 is 0 Å². The molecule has 1 unspecified atom stereocenters. The average molecular weight is 311 g/mol. The van der Waals surface area contributed by atoms with E-state index in [-0.39, 0.29) is 0 Å². The quantitative estimate of drug-likeness (QED) is 0.884. The zero-order valence-electron chi connectivity index (χ0n) is 11.9. The van der Waals surface area contributed by atoms with Gasteiger partial charge < -0.3 is 5.32 Å². The summed E-state index contributed by atoms with van der Waals surface area (Å²) in [6.45, 7) is 5.32. The minimum Gasteiger partial charge on any atom is -0.310 e. The van der Waals surface area contributed by atoms with Gasteiger partial charge in [-0.15, -0.1) is 0 Å². The predicted molar refractivity (Wildman–Crippen MR) is 83.3 cm³/mol. The minimum atomic E-state index is 0.307. The van der Waals surface area contributed by atoms with E-state index in [1.807, 2.05) is 19.2 Å². The van der Waals surface area contributed by atoms with Gasteiger partial charge >= 0.3 is 0 Å². The highest BCUT2D eigenvalue weighted by Crippen LogP contribution is 2.33. The molecule has 1 N–H and O–H groups in total. The van der Waals surface area contributed by atoms with Crippen LogP contribution in [0.3, 0.4) is 0 Å². The van der Waals surface area contributed by atoms with Crippen LogP contribution in [-0.2, 0) is 7.05 Å². The normalized spacial score (nSPS) is 12.6. The third kappa shape index (κ3) is 3.75. The zero-order valence-corrected chi connectivity index (χ0v) is 13.5. The Hall–Kier alpha value is -1.04. The van der Waals surface area contributed by atoms with Crippen LogP contribution in [0.1, 0.15) is 31.9 Å². The number of hydrogen-bond acceptors (Lipinski definition) is 4. The lowest BCUT2D eigenvalue weighted by atomic mass is 10.1. The molecule has 1 heterocycles. The summed E-state index contributed by atoms with van der Waals surface area (Å²) < 4.78 is 1.74. The van der Waals surface area contributed by atoms with Gasteiger partial charge in [0.25, 0.3) is 0 Å². The van der Waals surface area contributed by atoms with Gasteiger partial charge in [0.2, 0.25) is 0 Å². The number of nitrogens with zero attached hydrogens (tertiary/aromatic N) is 3. The van der Waals surface area contributed by atoms with E-state index in [2.05, 4.69) is 35.3 Å². The van der Waals surface area contributed by atoms with Crippen molar-refractivity contribution in [3.05, 3.63) is 35.1 Å². The van der Waals surface area contributed by atoms with Gasteiger partial charge in [-0.1, -0.05) is 24.6 Å². The maximum atomic E-state index is 6.37. The number of rotatable bonds is 6. The second-order valence-electron chi connectivity index (χ2n) is 4.63. The molecule has 0 aliphatic carbocycles. The molecule has 1 atom stereocenters. The summed E-state index contributed by atoms with van der Waals surface area (Å²) in [5.41, 5.74) is 1.20. The average Bonchev–Trinajstić information content (AvgIpc) is 2.84. The monoisotopic (exact) mass is 310 g/mol. The Balaban J connectivity index is 2.11. The van der Waals surface area contributed by atoms with Crippen molar-refractivity contribution in [3.8, 4) is 0 Å². The van der Waals surface area contributed by atoms with Gasteiger partial charge in [0.15, 0.2) is 5.16 Å². The fourth-order valence-corrected chi connectivity index (χ4v) is 2.90. The van der Waals surface area contributed by atoms with Crippen LogP contribution in [0.2, 0.25) is 5.02 Å². The van der Waals surface area contributed by atoms with Crippen LogP contribution in [0.4, 0.5) is 0 Å². The van der Waals surface area contributed by atoms with E-state index >= 15 is 0 Å². The first-order valence-electron chi connectivity index (χ1n) is 6.66. The smallest absolute Gasteiger partial charge is 0.190 e. The number of aromatic nitrogens is 3. The lowest BCUT2D eigenvalue weighted by Gasteiger charge is -2.15. The van der Waals surface area contributed by atoms with Crippen LogP contribution in [0.5, 0.6) is 0 Å². The Morgan fingerprint density at radius 2 is 2.25 bits per heavy atom. The fraction of sp³-hybridized carbons (Fsp3) is 0.429. The molecule has 2 aromatic rings. The second-order valence-corrected chi connectivity index (χ2v) is 6.05. The number of halogens is 1. The molecule has 0 amide bonds. The number of nitrogens with one attached hydrogen (secondary N) is 1. The first kappa shape index (κ1) is 15.4. The van der Waals surface area contributed by atoms with E-state index in [0.717, 1.165) is 28.0 Å². The first-order valence-corrected chi connectivity index (χ1v) is 7.86. The standard InChI is InChI=1S/C14H19ClN4S/c1-4-7-16-10(2)11-5-6-13(12(15)8-11)20-14-17-9-18-19(14)3/h5-6,8-10,16H,4,7H2,1-3H3. The maximum absolute atomic E-state index is 6.37. The molecular formula is C14H19ClN4S. The van der Waals surface area contributed by atoms with Crippen LogP contribution in [0.25, 0.3) is 0 Å². The Bertz CT molecular complexity index is 570. The molecule has 2 rings (SSSR count). The minimum absolute atomic E-state index is 0.307. The van der Waals surface area contributed by atoms with Crippen LogP contribution < -0.4 is 5.32 Å². The molecular weight excluding hydrogens is 292 g/mol. The molecule has 0 fully saturated rings. The van der Waals surface area contributed by atoms with Crippen molar-refractivity contribution in [1.82, 2.24) is 20.1 Å². The molecule has 20 heavy (non-hydrogen) atoms. The molecule has 0 saturated carbocycles. The van der Waals surface area contributed by atoms with Crippen molar-refractivity contribution in [1.29, 1.82) is 0 Å². The van der Waals surface area contributed by atoms with Gasteiger partial charge in [-0.25, -0.2) is 9.67 Å². The van der Waals surface area contributed by atoms with Crippen molar-refractivity contribution in [2.45, 2.75) is 36.4 Å². The van der Waals surface area contributed by atoms with Crippen molar-refractivity contribution < 1.29 is 0 Å². The summed E-state index contributed by atoms with van der Waals surface area (Å²) in [5, 5.41) is 9.09. The van der Waals surface area contributed by atoms with Crippen molar-refractivity contribution in [2.75, 3.05) is 6.54 Å². The summed E-state index contributed by atoms with van der Waals surface area (Å²) in [6.07, 6.45) is 2.67. The predicted octanol–water partition coefficient (Wildman–Crippen LogP) is 3.68. The Morgan fingerprint density at radius 1 is 1.45 bits per heavy atom. The number of hydrogen-bond donors (Lipinski definition) is 1. The molecule has 0 aliphatic rings. The van der Waals surface area contributed by atoms with Crippen LogP contribution >= 0.6 is 23.4 Å². The summed E-state index contributed by atoms with van der Waals surface area (Å²) in [7, 11) is 1.87. The summed E-state index contributed by atoms with van der Waals surface area (Å²) >= 11 is 7.89. The van der Waals surface area contributed by atoms with Crippen molar-refractivity contribution in [2.24, 2.45) is 7.05 Å². The molecule has 0 aliphatic heterocycles. The molecule has 0 saturated heterocycles. The van der Waals surface area contributed by atoms with E-state index in [9.17, 15) is 0 Å². The van der Waals surface area contributed by atoms with E-state index in [0.29, 0.717) is 6.04 Å². The lowest BCUT2D eigenvalue weighted by Crippen LogP contribution is -2.19. The fourth-order valence-electron chi connectivity index (χ4n) is 1.82. The van der Waals surface area contributed by atoms with Gasteiger partial charge in [-0.05, 0) is 49.3 Å². The highest BCUT2D eigenvalue weighted by atomic mass is 35.5. The van der Waals surface area contributed by atoms with Crippen molar-refractivity contribution in [3.63, 3.8) is 0 Å².